The van der Waals surface area contributed by atoms with E-state index in [1.165, 1.54) is 30.3 Å². The Morgan fingerprint density at radius 3 is 2.67 bits per heavy atom. The van der Waals surface area contributed by atoms with Crippen LogP contribution in [0.1, 0.15) is 45.9 Å². The average Bonchev–Trinajstić information content (AvgIpc) is 3.39. The first-order valence-corrected chi connectivity index (χ1v) is 7.89. The van der Waals surface area contributed by atoms with Gasteiger partial charge in [0.1, 0.15) is 11.9 Å². The molecule has 122 valence electrons. The number of nitriles is 1. The molecule has 2 aromatic rings. The van der Waals surface area contributed by atoms with Crippen LogP contribution in [0, 0.1) is 23.1 Å². The van der Waals surface area contributed by atoms with Crippen LogP contribution in [0.2, 0.25) is 5.02 Å². The molecule has 4 nitrogen and oxygen atoms in total. The number of rotatable bonds is 4. The molecule has 1 saturated carbocycles. The summed E-state index contributed by atoms with van der Waals surface area (Å²) in [5.41, 5.74) is 12.4. The number of hydrogen-bond donors (Lipinski definition) is 2. The van der Waals surface area contributed by atoms with Gasteiger partial charge in [0.2, 0.25) is 0 Å². The molecule has 1 atom stereocenters. The molecule has 4 N–H and O–H groups in total. The maximum atomic E-state index is 14.9. The van der Waals surface area contributed by atoms with Crippen molar-refractivity contribution in [1.82, 2.24) is 0 Å². The number of ketones is 1. The molecule has 2 aromatic carbocycles. The van der Waals surface area contributed by atoms with E-state index in [1.54, 1.807) is 0 Å². The van der Waals surface area contributed by atoms with Gasteiger partial charge in [-0.2, -0.15) is 5.26 Å². The average molecular weight is 344 g/mol. The summed E-state index contributed by atoms with van der Waals surface area (Å²) in [5.74, 6) is -1.05. The Kier molecular flexibility index (Phi) is 4.27. The lowest BCUT2D eigenvalue weighted by Gasteiger charge is -2.15. The first kappa shape index (κ1) is 16.4. The normalized spacial score (nSPS) is 14.9. The highest BCUT2D eigenvalue weighted by Gasteiger charge is 2.33. The molecule has 1 aliphatic rings. The van der Waals surface area contributed by atoms with Crippen LogP contribution in [0.4, 0.5) is 10.1 Å². The van der Waals surface area contributed by atoms with Crippen molar-refractivity contribution in [1.29, 1.82) is 5.26 Å². The fraction of sp³-hybridized carbons (Fsp3) is 0.222. The van der Waals surface area contributed by atoms with E-state index in [0.717, 1.165) is 12.8 Å². The second-order valence-electron chi connectivity index (χ2n) is 5.93. The molecule has 24 heavy (non-hydrogen) atoms. The molecule has 1 aliphatic carbocycles. The Balaban J connectivity index is 2.06. The number of halogens is 2. The molecular weight excluding hydrogens is 329 g/mol. The van der Waals surface area contributed by atoms with Gasteiger partial charge in [-0.05, 0) is 43.0 Å². The molecule has 0 saturated heterocycles. The third-order valence-corrected chi connectivity index (χ3v) is 4.59. The van der Waals surface area contributed by atoms with E-state index in [1.807, 2.05) is 6.07 Å². The van der Waals surface area contributed by atoms with Gasteiger partial charge >= 0.3 is 0 Å². The van der Waals surface area contributed by atoms with Crippen molar-refractivity contribution in [3.05, 3.63) is 63.4 Å². The minimum Gasteiger partial charge on any atom is -0.398 e. The highest BCUT2D eigenvalue weighted by Crippen LogP contribution is 2.41. The number of nitrogen functional groups attached to an aromatic ring is 1. The van der Waals surface area contributed by atoms with Gasteiger partial charge in [0.05, 0.1) is 16.1 Å². The van der Waals surface area contributed by atoms with Gasteiger partial charge in [-0.1, -0.05) is 17.7 Å². The topological polar surface area (TPSA) is 92.9 Å². The number of hydrogen-bond acceptors (Lipinski definition) is 4. The molecular formula is C18H15ClFN3O. The summed E-state index contributed by atoms with van der Waals surface area (Å²) in [4.78, 5) is 12.7. The van der Waals surface area contributed by atoms with Crippen LogP contribution in [0.25, 0.3) is 0 Å². The maximum absolute atomic E-state index is 14.9. The zero-order valence-electron chi connectivity index (χ0n) is 12.7. The first-order valence-electron chi connectivity index (χ1n) is 7.51. The van der Waals surface area contributed by atoms with Crippen LogP contribution >= 0.6 is 11.6 Å². The lowest BCUT2D eigenvalue weighted by atomic mass is 9.95. The molecule has 0 radical (unpaired) electrons. The van der Waals surface area contributed by atoms with Crippen molar-refractivity contribution < 1.29 is 9.18 Å². The second-order valence-corrected chi connectivity index (χ2v) is 6.34. The Labute approximate surface area is 143 Å². The van der Waals surface area contributed by atoms with Gasteiger partial charge in [0.25, 0.3) is 0 Å². The first-order chi connectivity index (χ1) is 11.4. The van der Waals surface area contributed by atoms with Crippen LogP contribution in [-0.2, 0) is 0 Å². The standard InChI is InChI=1S/C18H15ClFN3O/c19-13-5-4-12(17(23)9-1-2-9)16(20)15(13)18(24)10-3-6-14(22)11(7-10)8-21/h3-7,9,17H,1-2,22-23H2. The van der Waals surface area contributed by atoms with E-state index >= 15 is 0 Å². The van der Waals surface area contributed by atoms with E-state index in [0.29, 0.717) is 5.56 Å². The van der Waals surface area contributed by atoms with Gasteiger partial charge in [0.15, 0.2) is 5.78 Å². The number of nitrogens with zero attached hydrogens (tertiary/aromatic N) is 1. The van der Waals surface area contributed by atoms with E-state index < -0.39 is 17.6 Å². The molecule has 0 aromatic heterocycles. The van der Waals surface area contributed by atoms with E-state index in [2.05, 4.69) is 0 Å². The number of benzene rings is 2. The summed E-state index contributed by atoms with van der Waals surface area (Å²) in [6.07, 6.45) is 1.91. The van der Waals surface area contributed by atoms with Crippen molar-refractivity contribution >= 4 is 23.1 Å². The molecule has 0 heterocycles. The number of anilines is 1. The monoisotopic (exact) mass is 343 g/mol. The minimum absolute atomic E-state index is 0.0135. The van der Waals surface area contributed by atoms with Crippen LogP contribution in [0.3, 0.4) is 0 Å². The second kappa shape index (κ2) is 6.23. The SMILES string of the molecule is N#Cc1cc(C(=O)c2c(Cl)ccc(C(N)C3CC3)c2F)ccc1N. The highest BCUT2D eigenvalue weighted by molar-refractivity contribution is 6.35. The minimum atomic E-state index is -0.692. The predicted octanol–water partition coefficient (Wildman–Crippen LogP) is 3.57. The van der Waals surface area contributed by atoms with Crippen LogP contribution in [-0.4, -0.2) is 5.78 Å². The fourth-order valence-corrected chi connectivity index (χ4v) is 2.91. The van der Waals surface area contributed by atoms with Gasteiger partial charge in [-0.25, -0.2) is 4.39 Å². The summed E-state index contributed by atoms with van der Waals surface area (Å²) in [6.45, 7) is 0. The Morgan fingerprint density at radius 2 is 2.04 bits per heavy atom. The van der Waals surface area contributed by atoms with Crippen LogP contribution in [0.5, 0.6) is 0 Å². The molecule has 0 spiro atoms. The zero-order valence-corrected chi connectivity index (χ0v) is 13.5. The zero-order chi connectivity index (χ0) is 17.4. The largest absolute Gasteiger partial charge is 0.398 e. The third kappa shape index (κ3) is 2.86. The van der Waals surface area contributed by atoms with Gasteiger partial charge < -0.3 is 11.5 Å². The van der Waals surface area contributed by atoms with Crippen LogP contribution in [0.15, 0.2) is 30.3 Å². The van der Waals surface area contributed by atoms with Crippen LogP contribution < -0.4 is 11.5 Å². The molecule has 3 rings (SSSR count). The predicted molar refractivity (Wildman–Crippen MR) is 90.1 cm³/mol. The highest BCUT2D eigenvalue weighted by atomic mass is 35.5. The number of nitrogens with two attached hydrogens (primary N) is 2. The summed E-state index contributed by atoms with van der Waals surface area (Å²) < 4.78 is 14.9. The fourth-order valence-electron chi connectivity index (χ4n) is 2.68. The molecule has 6 heteroatoms. The lowest BCUT2D eigenvalue weighted by Crippen LogP contribution is -2.17. The van der Waals surface area contributed by atoms with E-state index in [9.17, 15) is 9.18 Å². The molecule has 0 bridgehead atoms. The van der Waals surface area contributed by atoms with Crippen molar-refractivity contribution in [3.8, 4) is 6.07 Å². The number of carbonyl (C=O) groups excluding carboxylic acids is 1. The Hall–Kier alpha value is -2.42. The number of carbonyl (C=O) groups is 1. The van der Waals surface area contributed by atoms with Crippen molar-refractivity contribution in [2.24, 2.45) is 11.7 Å². The molecule has 1 fully saturated rings. The molecule has 1 unspecified atom stereocenters. The van der Waals surface area contributed by atoms with Crippen molar-refractivity contribution in [2.75, 3.05) is 5.73 Å². The van der Waals surface area contributed by atoms with Gasteiger partial charge in [-0.3, -0.25) is 4.79 Å². The van der Waals surface area contributed by atoms with E-state index in [-0.39, 0.29) is 33.3 Å². The summed E-state index contributed by atoms with van der Waals surface area (Å²) >= 11 is 6.06. The van der Waals surface area contributed by atoms with Gasteiger partial charge in [-0.15, -0.1) is 0 Å². The summed E-state index contributed by atoms with van der Waals surface area (Å²) in [7, 11) is 0. The van der Waals surface area contributed by atoms with Crippen molar-refractivity contribution in [3.63, 3.8) is 0 Å². The Bertz CT molecular complexity index is 871. The quantitative estimate of drug-likeness (QED) is 0.655. The third-order valence-electron chi connectivity index (χ3n) is 4.27. The van der Waals surface area contributed by atoms with Gasteiger partial charge in [0, 0.05) is 22.9 Å². The van der Waals surface area contributed by atoms with E-state index in [4.69, 9.17) is 28.3 Å². The summed E-state index contributed by atoms with van der Waals surface area (Å²) in [5, 5.41) is 9.04. The summed E-state index contributed by atoms with van der Waals surface area (Å²) in [6, 6.07) is 8.69. The maximum Gasteiger partial charge on any atom is 0.197 e. The lowest BCUT2D eigenvalue weighted by molar-refractivity contribution is 0.103. The molecule has 0 amide bonds. The Morgan fingerprint density at radius 1 is 1.33 bits per heavy atom. The smallest absolute Gasteiger partial charge is 0.197 e. The molecule has 0 aliphatic heterocycles. The van der Waals surface area contributed by atoms with Crippen molar-refractivity contribution in [2.45, 2.75) is 18.9 Å².